The summed E-state index contributed by atoms with van der Waals surface area (Å²) in [6.45, 7) is 2.87. The predicted octanol–water partition coefficient (Wildman–Crippen LogP) is 5.64. The fraction of sp³-hybridized carbons (Fsp3) is 0.312. The highest BCUT2D eigenvalue weighted by molar-refractivity contribution is 7.98. The first-order chi connectivity index (χ1) is 19.5. The van der Waals surface area contributed by atoms with E-state index in [0.29, 0.717) is 43.4 Å². The maximum absolute atomic E-state index is 13.6. The van der Waals surface area contributed by atoms with Crippen molar-refractivity contribution in [1.29, 1.82) is 0 Å². The van der Waals surface area contributed by atoms with Gasteiger partial charge in [0.05, 0.1) is 6.61 Å². The third-order valence-corrected chi connectivity index (χ3v) is 7.61. The molecule has 1 aliphatic rings. The molecule has 0 saturated carbocycles. The van der Waals surface area contributed by atoms with Crippen LogP contribution in [0.4, 0.5) is 4.39 Å². The molecule has 0 bridgehead atoms. The lowest BCUT2D eigenvalue weighted by atomic mass is 9.89. The van der Waals surface area contributed by atoms with Crippen molar-refractivity contribution in [1.82, 2.24) is 5.32 Å². The number of carbonyl (C=O) groups is 1. The van der Waals surface area contributed by atoms with Crippen LogP contribution in [-0.4, -0.2) is 54.1 Å². The van der Waals surface area contributed by atoms with Crippen molar-refractivity contribution < 1.29 is 23.8 Å². The van der Waals surface area contributed by atoms with E-state index in [1.54, 1.807) is 23.9 Å². The number of hydrogen-bond donors (Lipinski definition) is 2. The molecule has 0 radical (unpaired) electrons. The second-order valence-electron chi connectivity index (χ2n) is 9.50. The Morgan fingerprint density at radius 2 is 1.88 bits per heavy atom. The van der Waals surface area contributed by atoms with Crippen LogP contribution in [-0.2, 0) is 15.3 Å². The number of benzene rings is 3. The molecular formula is C32H35FN2O4S. The number of amides is 1. The molecule has 3 aromatic carbocycles. The van der Waals surface area contributed by atoms with Gasteiger partial charge in [-0.2, -0.15) is 11.8 Å². The summed E-state index contributed by atoms with van der Waals surface area (Å²) in [4.78, 5) is 18.5. The molecule has 4 rings (SSSR count). The zero-order valence-electron chi connectivity index (χ0n) is 22.6. The monoisotopic (exact) mass is 562 g/mol. The highest BCUT2D eigenvalue weighted by Gasteiger charge is 2.49. The molecule has 1 amide bonds. The fourth-order valence-electron chi connectivity index (χ4n) is 4.28. The molecule has 0 saturated heterocycles. The zero-order valence-corrected chi connectivity index (χ0v) is 23.4. The summed E-state index contributed by atoms with van der Waals surface area (Å²) in [6.07, 6.45) is 4.43. The number of nitrogens with one attached hydrogen (secondary N) is 1. The first kappa shape index (κ1) is 29.4. The van der Waals surface area contributed by atoms with Crippen LogP contribution in [0.15, 0.2) is 89.9 Å². The minimum Gasteiger partial charge on any atom is -0.494 e. The molecule has 2 N–H and O–H groups in total. The number of aliphatic hydroxyl groups is 1. The lowest BCUT2D eigenvalue weighted by Gasteiger charge is -2.27. The number of hydrogen-bond acceptors (Lipinski definition) is 6. The number of aliphatic hydroxyl groups excluding tert-OH is 1. The molecule has 1 aliphatic heterocycles. The van der Waals surface area contributed by atoms with E-state index in [1.165, 1.54) is 12.1 Å². The van der Waals surface area contributed by atoms with E-state index in [2.05, 4.69) is 5.32 Å². The molecule has 3 aromatic rings. The van der Waals surface area contributed by atoms with E-state index in [1.807, 2.05) is 73.7 Å². The smallest absolute Gasteiger partial charge is 0.252 e. The first-order valence-corrected chi connectivity index (χ1v) is 14.6. The highest BCUT2D eigenvalue weighted by atomic mass is 32.2. The van der Waals surface area contributed by atoms with E-state index in [4.69, 9.17) is 19.6 Å². The minimum atomic E-state index is -1.11. The first-order valence-electron chi connectivity index (χ1n) is 13.4. The molecule has 0 spiro atoms. The van der Waals surface area contributed by atoms with Crippen LogP contribution in [0.25, 0.3) is 6.08 Å². The predicted molar refractivity (Wildman–Crippen MR) is 159 cm³/mol. The van der Waals surface area contributed by atoms with Gasteiger partial charge in [-0.1, -0.05) is 54.6 Å². The number of halogens is 1. The van der Waals surface area contributed by atoms with Gasteiger partial charge in [-0.25, -0.2) is 9.38 Å². The molecular weight excluding hydrogens is 527 g/mol. The van der Waals surface area contributed by atoms with Crippen molar-refractivity contribution in [2.75, 3.05) is 25.5 Å². The summed E-state index contributed by atoms with van der Waals surface area (Å²) in [7, 11) is 0. The van der Waals surface area contributed by atoms with Crippen molar-refractivity contribution >= 4 is 29.6 Å². The van der Waals surface area contributed by atoms with Crippen molar-refractivity contribution in [2.24, 2.45) is 4.99 Å². The second-order valence-corrected chi connectivity index (χ2v) is 10.6. The van der Waals surface area contributed by atoms with Gasteiger partial charge in [-0.15, -0.1) is 0 Å². The minimum absolute atomic E-state index is 0.0798. The lowest BCUT2D eigenvalue weighted by Crippen LogP contribution is -2.51. The van der Waals surface area contributed by atoms with Crippen LogP contribution >= 0.6 is 11.8 Å². The number of ether oxygens (including phenoxy) is 2. The third kappa shape index (κ3) is 7.96. The molecule has 0 fully saturated rings. The van der Waals surface area contributed by atoms with Crippen LogP contribution in [0.2, 0.25) is 0 Å². The van der Waals surface area contributed by atoms with Crippen LogP contribution < -0.4 is 10.1 Å². The number of aliphatic imine (C=N–C) groups is 1. The molecule has 1 heterocycles. The SMILES string of the molecule is C[C@H]1OC(c2ccc(OCCCO)cc2)=N[C@@]1(C/C=C/c1ccccc1)C(=O)NCCSCc1ccc(F)cc1. The van der Waals surface area contributed by atoms with Crippen molar-refractivity contribution in [3.05, 3.63) is 107 Å². The summed E-state index contributed by atoms with van der Waals surface area (Å²) in [6, 6.07) is 23.8. The summed E-state index contributed by atoms with van der Waals surface area (Å²) in [5.74, 6) is 2.13. The molecule has 6 nitrogen and oxygen atoms in total. The zero-order chi connectivity index (χ0) is 28.2. The van der Waals surface area contributed by atoms with Crippen molar-refractivity contribution in [3.8, 4) is 5.75 Å². The molecule has 0 aliphatic carbocycles. The Hall–Kier alpha value is -3.62. The average Bonchev–Trinajstić information content (AvgIpc) is 3.31. The summed E-state index contributed by atoms with van der Waals surface area (Å²) < 4.78 is 24.9. The Morgan fingerprint density at radius 1 is 1.12 bits per heavy atom. The average molecular weight is 563 g/mol. The quantitative estimate of drug-likeness (QED) is 0.249. The standard InChI is InChI=1S/C32H35FN2O4S/c1-24-32(18-5-9-25-7-3-2-4-8-25,31(37)34-19-22-40-23-26-10-14-28(33)15-11-26)35-30(39-24)27-12-16-29(17-13-27)38-21-6-20-36/h2-5,7-17,24,36H,6,18-23H2,1H3,(H,34,37)/b9-5+/t24-,32-/m1/s1. The molecule has 2 atom stereocenters. The van der Waals surface area contributed by atoms with Gasteiger partial charge >= 0.3 is 0 Å². The Kier molecular flexibility index (Phi) is 10.8. The van der Waals surface area contributed by atoms with E-state index in [0.717, 1.165) is 22.4 Å². The molecule has 40 heavy (non-hydrogen) atoms. The van der Waals surface area contributed by atoms with Gasteiger partial charge < -0.3 is 19.9 Å². The van der Waals surface area contributed by atoms with Crippen molar-refractivity contribution in [3.63, 3.8) is 0 Å². The maximum Gasteiger partial charge on any atom is 0.252 e. The molecule has 0 aromatic heterocycles. The van der Waals surface area contributed by atoms with E-state index in [9.17, 15) is 9.18 Å². The highest BCUT2D eigenvalue weighted by Crippen LogP contribution is 2.33. The summed E-state index contributed by atoms with van der Waals surface area (Å²) in [5, 5.41) is 12.0. The summed E-state index contributed by atoms with van der Waals surface area (Å²) in [5.41, 5.74) is 1.73. The Bertz CT molecular complexity index is 1280. The molecule has 8 heteroatoms. The molecule has 210 valence electrons. The second kappa shape index (κ2) is 14.7. The van der Waals surface area contributed by atoms with Gasteiger partial charge in [-0.3, -0.25) is 4.79 Å². The van der Waals surface area contributed by atoms with Gasteiger partial charge in [0.1, 0.15) is 17.7 Å². The number of carbonyl (C=O) groups excluding carboxylic acids is 1. The normalized spacial score (nSPS) is 18.4. The van der Waals surface area contributed by atoms with Crippen LogP contribution in [0.5, 0.6) is 5.75 Å². The Morgan fingerprint density at radius 3 is 2.60 bits per heavy atom. The van der Waals surface area contributed by atoms with Gasteiger partial charge in [0.2, 0.25) is 5.90 Å². The van der Waals surface area contributed by atoms with E-state index < -0.39 is 11.6 Å². The van der Waals surface area contributed by atoms with Gasteiger partial charge in [0, 0.05) is 43.1 Å². The van der Waals surface area contributed by atoms with Crippen LogP contribution in [0.1, 0.15) is 36.5 Å². The van der Waals surface area contributed by atoms with E-state index >= 15 is 0 Å². The van der Waals surface area contributed by atoms with Gasteiger partial charge in [0.15, 0.2) is 5.54 Å². The third-order valence-electron chi connectivity index (χ3n) is 6.58. The van der Waals surface area contributed by atoms with E-state index in [-0.39, 0.29) is 18.3 Å². The number of rotatable bonds is 14. The fourth-order valence-corrected chi connectivity index (χ4v) is 5.10. The van der Waals surface area contributed by atoms with Crippen molar-refractivity contribution in [2.45, 2.75) is 37.2 Å². The topological polar surface area (TPSA) is 80.2 Å². The van der Waals surface area contributed by atoms with Crippen LogP contribution in [0.3, 0.4) is 0 Å². The largest absolute Gasteiger partial charge is 0.494 e. The maximum atomic E-state index is 13.6. The van der Waals surface area contributed by atoms with Gasteiger partial charge in [0.25, 0.3) is 5.91 Å². The lowest BCUT2D eigenvalue weighted by molar-refractivity contribution is -0.128. The van der Waals surface area contributed by atoms with Crippen LogP contribution in [0, 0.1) is 5.82 Å². The Balaban J connectivity index is 1.44. The Labute approximate surface area is 239 Å². The number of thioether (sulfide) groups is 1. The number of nitrogens with zero attached hydrogens (tertiary/aromatic N) is 1. The molecule has 0 unspecified atom stereocenters. The summed E-state index contributed by atoms with van der Waals surface area (Å²) >= 11 is 1.67. The van der Waals surface area contributed by atoms with Gasteiger partial charge in [-0.05, 0) is 54.4 Å².